The minimum absolute atomic E-state index is 0.142. The lowest BCUT2D eigenvalue weighted by molar-refractivity contribution is -0.135. The summed E-state index contributed by atoms with van der Waals surface area (Å²) in [6.07, 6.45) is 1.77. The van der Waals surface area contributed by atoms with Gasteiger partial charge in [0.15, 0.2) is 0 Å². The molecular weight excluding hydrogens is 304 g/mol. The Labute approximate surface area is 142 Å². The van der Waals surface area contributed by atoms with Gasteiger partial charge in [-0.1, -0.05) is 24.3 Å². The van der Waals surface area contributed by atoms with Gasteiger partial charge in [0.2, 0.25) is 5.91 Å². The van der Waals surface area contributed by atoms with Crippen LogP contribution in [0.25, 0.3) is 0 Å². The topological polar surface area (TPSA) is 90.6 Å². The molecule has 1 aliphatic carbocycles. The van der Waals surface area contributed by atoms with Gasteiger partial charge in [-0.3, -0.25) is 10.2 Å². The Balaban J connectivity index is 1.51. The number of hydrazine groups is 1. The van der Waals surface area contributed by atoms with Gasteiger partial charge in [0.05, 0.1) is 12.1 Å². The average molecular weight is 330 g/mol. The number of aliphatic hydroxyl groups excluding tert-OH is 1. The van der Waals surface area contributed by atoms with E-state index in [1.54, 1.807) is 0 Å². The number of aliphatic hydroxyl groups is 1. The van der Waals surface area contributed by atoms with Crippen LogP contribution in [0.4, 0.5) is 0 Å². The minimum atomic E-state index is -0.571. The summed E-state index contributed by atoms with van der Waals surface area (Å²) in [4.78, 5) is 14.6. The van der Waals surface area contributed by atoms with Crippen LogP contribution in [-0.4, -0.2) is 47.2 Å². The normalized spacial score (nSPS) is 34.5. The molecule has 2 aliphatic heterocycles. The number of benzene rings is 1. The van der Waals surface area contributed by atoms with E-state index in [-0.39, 0.29) is 23.4 Å². The summed E-state index contributed by atoms with van der Waals surface area (Å²) < 4.78 is 0. The van der Waals surface area contributed by atoms with Crippen LogP contribution in [0.3, 0.4) is 0 Å². The van der Waals surface area contributed by atoms with E-state index >= 15 is 0 Å². The number of nitrogens with zero attached hydrogens (tertiary/aromatic N) is 1. The van der Waals surface area contributed by atoms with E-state index in [4.69, 9.17) is 5.73 Å². The van der Waals surface area contributed by atoms with E-state index in [0.29, 0.717) is 19.1 Å². The van der Waals surface area contributed by atoms with Crippen LogP contribution in [-0.2, 0) is 10.2 Å². The molecule has 130 valence electrons. The van der Waals surface area contributed by atoms with E-state index in [9.17, 15) is 9.90 Å². The van der Waals surface area contributed by atoms with Gasteiger partial charge < -0.3 is 15.7 Å². The highest BCUT2D eigenvalue weighted by molar-refractivity contribution is 5.82. The standard InChI is InChI=1S/C18H26N4O2/c1-11-10-14(21-20-11)17(24)22-8-6-18(7-9-22)13-5-3-2-4-12(13)15(19)16(18)23/h2-5,11,14-16,20-21,23H,6-10,19H2,1H3/t11?,14?,15-,16+/m1/s1. The molecule has 6 heteroatoms. The molecular formula is C18H26N4O2. The van der Waals surface area contributed by atoms with Crippen molar-refractivity contribution in [3.05, 3.63) is 35.4 Å². The van der Waals surface area contributed by atoms with E-state index in [1.165, 1.54) is 5.56 Å². The molecule has 0 aromatic heterocycles. The van der Waals surface area contributed by atoms with Crippen molar-refractivity contribution >= 4 is 5.91 Å². The fourth-order valence-electron chi connectivity index (χ4n) is 4.70. The molecule has 2 fully saturated rings. The highest BCUT2D eigenvalue weighted by atomic mass is 16.3. The number of nitrogens with two attached hydrogens (primary N) is 1. The summed E-state index contributed by atoms with van der Waals surface area (Å²) in [5.74, 6) is 0.159. The molecule has 1 spiro atoms. The average Bonchev–Trinajstić information content (AvgIpc) is 3.13. The lowest BCUT2D eigenvalue weighted by atomic mass is 9.72. The first-order valence-corrected chi connectivity index (χ1v) is 8.86. The molecule has 0 bridgehead atoms. The Morgan fingerprint density at radius 1 is 1.29 bits per heavy atom. The van der Waals surface area contributed by atoms with Crippen molar-refractivity contribution < 1.29 is 9.90 Å². The Kier molecular flexibility index (Phi) is 3.88. The van der Waals surface area contributed by atoms with Gasteiger partial charge in [-0.15, -0.1) is 0 Å². The maximum absolute atomic E-state index is 12.7. The highest BCUT2D eigenvalue weighted by Crippen LogP contribution is 2.50. The molecule has 2 heterocycles. The first-order valence-electron chi connectivity index (χ1n) is 8.86. The predicted molar refractivity (Wildman–Crippen MR) is 91.0 cm³/mol. The van der Waals surface area contributed by atoms with Crippen LogP contribution in [0.2, 0.25) is 0 Å². The summed E-state index contributed by atoms with van der Waals surface area (Å²) in [6, 6.07) is 7.94. The van der Waals surface area contributed by atoms with Crippen LogP contribution in [0.1, 0.15) is 43.4 Å². The molecule has 2 saturated heterocycles. The number of carbonyl (C=O) groups excluding carboxylic acids is 1. The predicted octanol–water partition coefficient (Wildman–Crippen LogP) is 0.176. The monoisotopic (exact) mass is 330 g/mol. The Bertz CT molecular complexity index is 642. The quantitative estimate of drug-likeness (QED) is 0.590. The zero-order valence-electron chi connectivity index (χ0n) is 14.0. The van der Waals surface area contributed by atoms with Crippen molar-refractivity contribution in [2.24, 2.45) is 5.73 Å². The second-order valence-electron chi connectivity index (χ2n) is 7.52. The van der Waals surface area contributed by atoms with Gasteiger partial charge >= 0.3 is 0 Å². The molecule has 4 atom stereocenters. The SMILES string of the molecule is CC1CC(C(=O)N2CCC3(CC2)c2ccccc2[C@@H](N)[C@@H]3O)NN1. The van der Waals surface area contributed by atoms with Crippen LogP contribution >= 0.6 is 0 Å². The zero-order chi connectivity index (χ0) is 16.9. The second kappa shape index (κ2) is 5.81. The van der Waals surface area contributed by atoms with Crippen LogP contribution in [0, 0.1) is 0 Å². The maximum atomic E-state index is 12.7. The number of carbonyl (C=O) groups is 1. The van der Waals surface area contributed by atoms with E-state index < -0.39 is 6.10 Å². The molecule has 0 saturated carbocycles. The molecule has 24 heavy (non-hydrogen) atoms. The zero-order valence-corrected chi connectivity index (χ0v) is 14.0. The first-order chi connectivity index (χ1) is 11.5. The summed E-state index contributed by atoms with van der Waals surface area (Å²) in [7, 11) is 0. The number of rotatable bonds is 1. The summed E-state index contributed by atoms with van der Waals surface area (Å²) >= 11 is 0. The number of piperidine rings is 1. The van der Waals surface area contributed by atoms with Gasteiger partial charge in [-0.05, 0) is 37.3 Å². The molecule has 1 amide bonds. The lowest BCUT2D eigenvalue weighted by Gasteiger charge is -2.43. The van der Waals surface area contributed by atoms with Crippen molar-refractivity contribution in [2.45, 2.75) is 55.8 Å². The van der Waals surface area contributed by atoms with Gasteiger partial charge in [0.1, 0.15) is 6.04 Å². The van der Waals surface area contributed by atoms with E-state index in [0.717, 1.165) is 24.8 Å². The minimum Gasteiger partial charge on any atom is -0.390 e. The summed E-state index contributed by atoms with van der Waals surface area (Å²) in [5.41, 5.74) is 14.4. The molecule has 1 aromatic rings. The third-order valence-electron chi connectivity index (χ3n) is 6.12. The van der Waals surface area contributed by atoms with Crippen molar-refractivity contribution in [2.75, 3.05) is 13.1 Å². The van der Waals surface area contributed by atoms with E-state index in [1.807, 2.05) is 23.1 Å². The number of nitrogens with one attached hydrogen (secondary N) is 2. The van der Waals surface area contributed by atoms with E-state index in [2.05, 4.69) is 23.8 Å². The number of fused-ring (bicyclic) bond motifs is 2. The fraction of sp³-hybridized carbons (Fsp3) is 0.611. The van der Waals surface area contributed by atoms with Gasteiger partial charge in [0, 0.05) is 24.5 Å². The van der Waals surface area contributed by atoms with Crippen LogP contribution in [0.5, 0.6) is 0 Å². The molecule has 3 aliphatic rings. The molecule has 5 N–H and O–H groups in total. The maximum Gasteiger partial charge on any atom is 0.241 e. The highest BCUT2D eigenvalue weighted by Gasteiger charge is 2.52. The Morgan fingerprint density at radius 2 is 2.00 bits per heavy atom. The van der Waals surface area contributed by atoms with Crippen molar-refractivity contribution in [3.63, 3.8) is 0 Å². The number of amides is 1. The Morgan fingerprint density at radius 3 is 2.67 bits per heavy atom. The van der Waals surface area contributed by atoms with Crippen LogP contribution < -0.4 is 16.6 Å². The number of likely N-dealkylation sites (tertiary alicyclic amines) is 1. The third-order valence-corrected chi connectivity index (χ3v) is 6.12. The smallest absolute Gasteiger partial charge is 0.241 e. The molecule has 2 unspecified atom stereocenters. The number of hydrogen-bond donors (Lipinski definition) is 4. The number of hydrogen-bond acceptors (Lipinski definition) is 5. The third kappa shape index (κ3) is 2.29. The second-order valence-corrected chi connectivity index (χ2v) is 7.52. The fourth-order valence-corrected chi connectivity index (χ4v) is 4.70. The van der Waals surface area contributed by atoms with Gasteiger partial charge in [-0.2, -0.15) is 0 Å². The molecule has 1 aromatic carbocycles. The summed E-state index contributed by atoms with van der Waals surface area (Å²) in [6.45, 7) is 3.41. The largest absolute Gasteiger partial charge is 0.390 e. The lowest BCUT2D eigenvalue weighted by Crippen LogP contribution is -2.53. The molecule has 4 rings (SSSR count). The molecule has 0 radical (unpaired) electrons. The van der Waals surface area contributed by atoms with Gasteiger partial charge in [0.25, 0.3) is 0 Å². The summed E-state index contributed by atoms with van der Waals surface area (Å²) in [5, 5.41) is 10.8. The molecule has 6 nitrogen and oxygen atoms in total. The van der Waals surface area contributed by atoms with Crippen molar-refractivity contribution in [1.82, 2.24) is 15.8 Å². The van der Waals surface area contributed by atoms with Crippen LogP contribution in [0.15, 0.2) is 24.3 Å². The first kappa shape index (κ1) is 16.0. The Hall–Kier alpha value is -1.47. The van der Waals surface area contributed by atoms with Crippen molar-refractivity contribution in [1.29, 1.82) is 0 Å². The van der Waals surface area contributed by atoms with Crippen molar-refractivity contribution in [3.8, 4) is 0 Å². The van der Waals surface area contributed by atoms with Gasteiger partial charge in [-0.25, -0.2) is 5.43 Å².